The molecule has 4 rings (SSSR count). The van der Waals surface area contributed by atoms with Crippen LogP contribution >= 0.6 is 0 Å². The molecule has 1 aliphatic heterocycles. The van der Waals surface area contributed by atoms with Crippen LogP contribution in [0.4, 0.5) is 0 Å². The van der Waals surface area contributed by atoms with Gasteiger partial charge in [0, 0.05) is 34.2 Å². The quantitative estimate of drug-likeness (QED) is 0.392. The monoisotopic (exact) mass is 354 g/mol. The zero-order chi connectivity index (χ0) is 17.6. The Labute approximate surface area is 170 Å². The number of hydrogen-bond acceptors (Lipinski definition) is 5. The Bertz CT molecular complexity index is 1160. The maximum Gasteiger partial charge on any atom is 1.00 e. The molecule has 0 saturated heterocycles. The van der Waals surface area contributed by atoms with Crippen molar-refractivity contribution < 1.29 is 49.0 Å². The fourth-order valence-corrected chi connectivity index (χ4v) is 3.03. The SMILES string of the molecule is O=C([O-])c1ccccc1-c1c2ccc(=O)cc-2oc2cc(O)ccc12.[Na+]. The van der Waals surface area contributed by atoms with Crippen LogP contribution in [-0.4, -0.2) is 11.1 Å². The molecule has 0 aromatic heterocycles. The average molecular weight is 354 g/mol. The van der Waals surface area contributed by atoms with Gasteiger partial charge in [0.15, 0.2) is 5.43 Å². The number of carboxylic acid groups (broad SMARTS) is 1. The third-order valence-electron chi connectivity index (χ3n) is 4.09. The minimum atomic E-state index is -1.29. The van der Waals surface area contributed by atoms with E-state index in [0.717, 1.165) is 0 Å². The third kappa shape index (κ3) is 3.01. The van der Waals surface area contributed by atoms with Gasteiger partial charge in [0.25, 0.3) is 0 Å². The summed E-state index contributed by atoms with van der Waals surface area (Å²) in [6, 6.07) is 15.4. The maximum absolute atomic E-state index is 11.7. The van der Waals surface area contributed by atoms with E-state index < -0.39 is 5.97 Å². The van der Waals surface area contributed by atoms with E-state index in [1.165, 1.54) is 30.3 Å². The first-order chi connectivity index (χ1) is 12.0. The summed E-state index contributed by atoms with van der Waals surface area (Å²) in [5, 5.41) is 21.9. The molecule has 0 atom stereocenters. The number of benzene rings is 3. The number of carbonyl (C=O) groups is 1. The van der Waals surface area contributed by atoms with Gasteiger partial charge >= 0.3 is 29.6 Å². The Morgan fingerprint density at radius 3 is 2.50 bits per heavy atom. The zero-order valence-electron chi connectivity index (χ0n) is 13.9. The molecule has 0 unspecified atom stereocenters. The fraction of sp³-hybridized carbons (Fsp3) is 0. The summed E-state index contributed by atoms with van der Waals surface area (Å²) in [5.41, 5.74) is 1.83. The molecule has 0 bridgehead atoms. The van der Waals surface area contributed by atoms with E-state index in [2.05, 4.69) is 0 Å². The van der Waals surface area contributed by atoms with Crippen molar-refractivity contribution in [3.8, 4) is 28.2 Å². The Kier molecular flexibility index (Phi) is 4.87. The Hall–Kier alpha value is -2.60. The van der Waals surface area contributed by atoms with Crippen molar-refractivity contribution in [3.63, 3.8) is 0 Å². The second-order valence-corrected chi connectivity index (χ2v) is 5.65. The summed E-state index contributed by atoms with van der Waals surface area (Å²) in [6.45, 7) is 0. The van der Waals surface area contributed by atoms with Gasteiger partial charge in [-0.3, -0.25) is 4.79 Å². The number of phenolic OH excluding ortho intramolecular Hbond substituents is 1. The topological polar surface area (TPSA) is 90.6 Å². The first-order valence-corrected chi connectivity index (χ1v) is 7.55. The van der Waals surface area contributed by atoms with Gasteiger partial charge in [0.05, 0.1) is 5.97 Å². The van der Waals surface area contributed by atoms with E-state index in [4.69, 9.17) is 4.42 Å². The molecule has 6 heteroatoms. The molecule has 26 heavy (non-hydrogen) atoms. The number of phenols is 1. The number of carboxylic acids is 1. The molecule has 0 spiro atoms. The van der Waals surface area contributed by atoms with Crippen molar-refractivity contribution in [1.82, 2.24) is 0 Å². The van der Waals surface area contributed by atoms with Gasteiger partial charge in [-0.1, -0.05) is 24.3 Å². The number of rotatable bonds is 2. The minimum absolute atomic E-state index is 0. The second kappa shape index (κ2) is 6.96. The van der Waals surface area contributed by atoms with Crippen LogP contribution in [0.5, 0.6) is 5.75 Å². The van der Waals surface area contributed by atoms with E-state index in [1.54, 1.807) is 30.3 Å². The van der Waals surface area contributed by atoms with Crippen LogP contribution in [0.1, 0.15) is 10.4 Å². The number of aromatic hydroxyl groups is 1. The molecular formula is C20H11NaO5. The van der Waals surface area contributed by atoms with E-state index in [-0.39, 0.29) is 46.3 Å². The molecule has 0 amide bonds. The normalized spacial score (nSPS) is 10.6. The first kappa shape index (κ1) is 18.2. The summed E-state index contributed by atoms with van der Waals surface area (Å²) in [6.07, 6.45) is 0. The van der Waals surface area contributed by atoms with Gasteiger partial charge in [0.1, 0.15) is 17.1 Å². The van der Waals surface area contributed by atoms with E-state index in [1.807, 2.05) is 0 Å². The van der Waals surface area contributed by atoms with Crippen molar-refractivity contribution in [2.75, 3.05) is 0 Å². The van der Waals surface area contributed by atoms with E-state index in [0.29, 0.717) is 33.4 Å². The summed E-state index contributed by atoms with van der Waals surface area (Å²) < 4.78 is 5.75. The smallest absolute Gasteiger partial charge is 0.545 e. The molecule has 0 saturated carbocycles. The van der Waals surface area contributed by atoms with Crippen LogP contribution < -0.4 is 40.1 Å². The largest absolute Gasteiger partial charge is 1.00 e. The molecule has 2 aromatic carbocycles. The third-order valence-corrected chi connectivity index (χ3v) is 4.09. The van der Waals surface area contributed by atoms with Crippen LogP contribution in [0.25, 0.3) is 33.4 Å². The first-order valence-electron chi connectivity index (χ1n) is 7.55. The van der Waals surface area contributed by atoms with Crippen molar-refractivity contribution in [3.05, 3.63) is 76.5 Å². The Morgan fingerprint density at radius 2 is 1.73 bits per heavy atom. The van der Waals surface area contributed by atoms with Crippen molar-refractivity contribution >= 4 is 16.9 Å². The maximum atomic E-state index is 11.7. The standard InChI is InChI=1S/C20H12O5.Na/c21-11-5-7-15-17(9-11)25-18-10-12(22)6-8-16(18)19(15)13-3-1-2-4-14(13)20(23)24;/h1-10,21H,(H,23,24);/q;+1/p-1. The molecular weight excluding hydrogens is 343 g/mol. The van der Waals surface area contributed by atoms with Gasteiger partial charge in [-0.15, -0.1) is 0 Å². The van der Waals surface area contributed by atoms with Crippen molar-refractivity contribution in [2.45, 2.75) is 0 Å². The van der Waals surface area contributed by atoms with Crippen LogP contribution in [0.15, 0.2) is 69.9 Å². The second-order valence-electron chi connectivity index (χ2n) is 5.65. The molecule has 122 valence electrons. The van der Waals surface area contributed by atoms with E-state index >= 15 is 0 Å². The molecule has 5 nitrogen and oxygen atoms in total. The van der Waals surface area contributed by atoms with Crippen LogP contribution in [-0.2, 0) is 0 Å². The number of hydrogen-bond donors (Lipinski definition) is 1. The van der Waals surface area contributed by atoms with Gasteiger partial charge in [0.2, 0.25) is 0 Å². The van der Waals surface area contributed by atoms with Crippen molar-refractivity contribution in [2.24, 2.45) is 0 Å². The van der Waals surface area contributed by atoms with Crippen LogP contribution in [0.2, 0.25) is 0 Å². The molecule has 1 aliphatic carbocycles. The minimum Gasteiger partial charge on any atom is -0.545 e. The number of aromatic carboxylic acids is 1. The van der Waals surface area contributed by atoms with Gasteiger partial charge in [-0.25, -0.2) is 0 Å². The summed E-state index contributed by atoms with van der Waals surface area (Å²) in [7, 11) is 0. The van der Waals surface area contributed by atoms with Gasteiger partial charge in [-0.2, -0.15) is 0 Å². The molecule has 1 heterocycles. The van der Waals surface area contributed by atoms with Gasteiger partial charge < -0.3 is 19.4 Å². The fourth-order valence-electron chi connectivity index (χ4n) is 3.03. The molecule has 1 N–H and O–H groups in total. The molecule has 2 aromatic rings. The number of carbonyl (C=O) groups excluding carboxylic acids is 1. The van der Waals surface area contributed by atoms with E-state index in [9.17, 15) is 19.8 Å². The Morgan fingerprint density at radius 1 is 0.962 bits per heavy atom. The molecule has 0 radical (unpaired) electrons. The predicted octanol–water partition coefficient (Wildman–Crippen LogP) is -0.362. The predicted molar refractivity (Wildman–Crippen MR) is 90.5 cm³/mol. The Balaban J connectivity index is 0.00000196. The van der Waals surface area contributed by atoms with Gasteiger partial charge in [-0.05, 0) is 29.8 Å². The molecule has 0 fully saturated rings. The van der Waals surface area contributed by atoms with Crippen LogP contribution in [0, 0.1) is 0 Å². The number of fused-ring (bicyclic) bond motifs is 2. The van der Waals surface area contributed by atoms with Crippen LogP contribution in [0.3, 0.4) is 0 Å². The van der Waals surface area contributed by atoms with Crippen molar-refractivity contribution in [1.29, 1.82) is 0 Å². The molecule has 2 aliphatic rings. The summed E-state index contributed by atoms with van der Waals surface area (Å²) in [4.78, 5) is 23.2. The summed E-state index contributed by atoms with van der Waals surface area (Å²) >= 11 is 0. The zero-order valence-corrected chi connectivity index (χ0v) is 15.9. The summed E-state index contributed by atoms with van der Waals surface area (Å²) in [5.74, 6) is -0.973. The average Bonchev–Trinajstić information content (AvgIpc) is 2.59.